The van der Waals surface area contributed by atoms with Crippen molar-refractivity contribution in [3.05, 3.63) is 146 Å². The average molecular weight is 1410 g/mol. The molecule has 0 aliphatic heterocycles. The molecule has 0 saturated carbocycles. The zero-order valence-corrected chi connectivity index (χ0v) is 66.3. The smallest absolute Gasteiger partial charge is 0.361 e. The molecule has 0 saturated heterocycles. The van der Waals surface area contributed by atoms with Crippen molar-refractivity contribution in [2.45, 2.75) is 373 Å². The first-order chi connectivity index (χ1) is 49.6. The van der Waals surface area contributed by atoms with Gasteiger partial charge in [0.1, 0.15) is 13.2 Å². The number of carbonyl (C=O) groups excluding carboxylic acids is 2. The Morgan fingerprint density at radius 2 is 0.564 bits per heavy atom. The summed E-state index contributed by atoms with van der Waals surface area (Å²) in [4.78, 5) is 37.8. The fraction of sp³-hybridized carbons (Fsp3) is 0.707. The van der Waals surface area contributed by atoms with Gasteiger partial charge in [0, 0.05) is 12.8 Å². The molecule has 0 spiro atoms. The van der Waals surface area contributed by atoms with Crippen molar-refractivity contribution in [3.63, 3.8) is 0 Å². The number of ether oxygens (including phenoxy) is 4. The van der Waals surface area contributed by atoms with Crippen LogP contribution in [0, 0.1) is 0 Å². The monoisotopic (exact) mass is 1410 g/mol. The molecule has 0 aromatic carbocycles. The molecule has 1 N–H and O–H groups in total. The maximum absolute atomic E-state index is 13.0. The van der Waals surface area contributed by atoms with Gasteiger partial charge in [0.2, 0.25) is 0 Å². The average Bonchev–Trinajstić information content (AvgIpc) is 1.21. The van der Waals surface area contributed by atoms with Crippen molar-refractivity contribution in [3.8, 4) is 0 Å². The van der Waals surface area contributed by atoms with Crippen LogP contribution in [-0.2, 0) is 33.3 Å². The number of esters is 2. The summed E-state index contributed by atoms with van der Waals surface area (Å²) < 4.78 is 23.0. The molecule has 578 valence electrons. The minimum atomic E-state index is -1.52. The Morgan fingerprint density at radius 3 is 0.842 bits per heavy atom. The van der Waals surface area contributed by atoms with Gasteiger partial charge < -0.3 is 28.5 Å². The van der Waals surface area contributed by atoms with Gasteiger partial charge >= 0.3 is 17.9 Å². The number of aliphatic carboxylic acids is 1. The lowest BCUT2D eigenvalue weighted by atomic mass is 10.0. The van der Waals surface area contributed by atoms with Gasteiger partial charge in [-0.25, -0.2) is 4.79 Å². The van der Waals surface area contributed by atoms with Crippen LogP contribution in [0.3, 0.4) is 0 Å². The van der Waals surface area contributed by atoms with E-state index in [0.717, 1.165) is 116 Å². The number of nitrogens with zero attached hydrogens (tertiary/aromatic N) is 1. The Hall–Kier alpha value is -4.83. The highest BCUT2D eigenvalue weighted by Crippen LogP contribution is 2.19. The van der Waals surface area contributed by atoms with Crippen molar-refractivity contribution >= 4 is 17.9 Å². The third kappa shape index (κ3) is 82.3. The normalized spacial score (nSPS) is 13.4. The van der Waals surface area contributed by atoms with Gasteiger partial charge in [-0.15, -0.1) is 0 Å². The summed E-state index contributed by atoms with van der Waals surface area (Å²) in [5.74, 6) is -2.01. The zero-order valence-electron chi connectivity index (χ0n) is 66.3. The maximum Gasteiger partial charge on any atom is 0.361 e. The molecule has 2 unspecified atom stereocenters. The molecular formula is C92H158NO8+. The highest BCUT2D eigenvalue weighted by Gasteiger charge is 2.25. The Balaban J connectivity index is 4.06. The van der Waals surface area contributed by atoms with Crippen molar-refractivity contribution in [2.75, 3.05) is 47.5 Å². The van der Waals surface area contributed by atoms with Crippen LogP contribution in [-0.4, -0.2) is 87.4 Å². The molecule has 0 radical (unpaired) electrons. The molecule has 0 aliphatic rings. The lowest BCUT2D eigenvalue weighted by Crippen LogP contribution is -2.40. The summed E-state index contributed by atoms with van der Waals surface area (Å²) in [6, 6.07) is 0. The van der Waals surface area contributed by atoms with E-state index in [4.69, 9.17) is 18.9 Å². The third-order valence-corrected chi connectivity index (χ3v) is 18.1. The van der Waals surface area contributed by atoms with Crippen LogP contribution >= 0.6 is 0 Å². The zero-order chi connectivity index (χ0) is 73.2. The first-order valence-electron chi connectivity index (χ1n) is 42.0. The Kier molecular flexibility index (Phi) is 77.0. The standard InChI is InChI=1S/C92H157NO8/c1-6-8-10-12-14-16-18-20-22-24-26-28-30-32-34-36-38-40-42-44-45-47-49-51-53-55-57-59-61-63-65-67-69-71-73-75-77-79-81-83-90(95)101-88(87-100-92(91(96)97)98-85-84-93(3,4)5)86-99-89(94)82-80-78-76-74-72-70-68-66-64-62-60-58-56-54-52-50-48-46-43-41-39-37-35-33-31-29-27-25-23-21-19-17-15-13-11-9-7-2/h8,10,14,16,19-22,25-28,32,34,38,40,44-45,49,51,55,57,61,63,88,92H,6-7,9,11-13,15,17-18,23-24,29-31,33,35-37,39,41-43,46-48,50,52-54,56,58-60,62,64-87H2,1-5H3/p+1/b10-8-,16-14-,21-19-,22-20-,27-25-,28-26-,34-32-,40-38-,45-44-,51-49-,57-55-,63-61-. The number of hydrogen-bond acceptors (Lipinski definition) is 7. The molecule has 0 aromatic rings. The van der Waals surface area contributed by atoms with Crippen molar-refractivity contribution in [2.24, 2.45) is 0 Å². The van der Waals surface area contributed by atoms with E-state index in [2.05, 4.69) is 160 Å². The van der Waals surface area contributed by atoms with Gasteiger partial charge in [0.25, 0.3) is 6.29 Å². The van der Waals surface area contributed by atoms with E-state index in [1.165, 1.54) is 212 Å². The first kappa shape index (κ1) is 96.2. The van der Waals surface area contributed by atoms with E-state index in [0.29, 0.717) is 23.9 Å². The number of quaternary nitrogens is 1. The number of unbranched alkanes of at least 4 members (excludes halogenated alkanes) is 38. The van der Waals surface area contributed by atoms with Gasteiger partial charge in [-0.2, -0.15) is 0 Å². The van der Waals surface area contributed by atoms with Crippen LogP contribution in [0.25, 0.3) is 0 Å². The van der Waals surface area contributed by atoms with Crippen LogP contribution < -0.4 is 0 Å². The van der Waals surface area contributed by atoms with Gasteiger partial charge in [-0.3, -0.25) is 9.59 Å². The summed E-state index contributed by atoms with van der Waals surface area (Å²) >= 11 is 0. The van der Waals surface area contributed by atoms with Crippen molar-refractivity contribution < 1.29 is 42.9 Å². The number of likely N-dealkylation sites (N-methyl/N-ethyl adjacent to an activating group) is 1. The van der Waals surface area contributed by atoms with E-state index >= 15 is 0 Å². The van der Waals surface area contributed by atoms with Gasteiger partial charge in [-0.05, 0) is 122 Å². The van der Waals surface area contributed by atoms with E-state index in [1.807, 2.05) is 21.1 Å². The summed E-state index contributed by atoms with van der Waals surface area (Å²) in [6.45, 7) is 4.77. The second-order valence-corrected chi connectivity index (χ2v) is 29.1. The predicted octanol–water partition coefficient (Wildman–Crippen LogP) is 27.4. The molecule has 0 fully saturated rings. The fourth-order valence-corrected chi connectivity index (χ4v) is 11.7. The predicted molar refractivity (Wildman–Crippen MR) is 437 cm³/mol. The van der Waals surface area contributed by atoms with Crippen molar-refractivity contribution in [1.29, 1.82) is 0 Å². The number of carboxylic acids is 1. The molecule has 0 bridgehead atoms. The maximum atomic E-state index is 13.0. The third-order valence-electron chi connectivity index (χ3n) is 18.1. The molecule has 9 heteroatoms. The second kappa shape index (κ2) is 80.8. The minimum Gasteiger partial charge on any atom is -0.477 e. The van der Waals surface area contributed by atoms with E-state index < -0.39 is 24.3 Å². The van der Waals surface area contributed by atoms with E-state index in [-0.39, 0.29) is 32.2 Å². The molecule has 0 aromatic heterocycles. The van der Waals surface area contributed by atoms with E-state index in [9.17, 15) is 19.5 Å². The molecule has 0 aliphatic carbocycles. The summed E-state index contributed by atoms with van der Waals surface area (Å²) in [5, 5.41) is 9.78. The SMILES string of the molecule is CC/C=C\C/C=C\C/C=C\C/C=C\C/C=C\C/C=C\C/C=C\C/C=C\C/C=C\C/C=C\CCCCCCCCCCC(=O)OC(COC(=O)CCCCCCCCCCCCCCCCCCCCCCCCCCC/C=C\C/C=C\CCCCCCC)COC(OCC[N+](C)(C)C)C(=O)O. The largest absolute Gasteiger partial charge is 0.477 e. The summed E-state index contributed by atoms with van der Waals surface area (Å²) in [7, 11) is 5.98. The number of allylic oxidation sites excluding steroid dienone is 24. The highest BCUT2D eigenvalue weighted by molar-refractivity contribution is 5.71. The molecule has 2 atom stereocenters. The summed E-state index contributed by atoms with van der Waals surface area (Å²) in [6.07, 6.45) is 116. The molecule has 0 amide bonds. The summed E-state index contributed by atoms with van der Waals surface area (Å²) in [5.41, 5.74) is 0. The molecule has 101 heavy (non-hydrogen) atoms. The highest BCUT2D eigenvalue weighted by atomic mass is 16.7. The lowest BCUT2D eigenvalue weighted by molar-refractivity contribution is -0.870. The Bertz CT molecular complexity index is 2180. The van der Waals surface area contributed by atoms with Gasteiger partial charge in [-0.1, -0.05) is 372 Å². The van der Waals surface area contributed by atoms with E-state index in [1.54, 1.807) is 0 Å². The molecule has 9 nitrogen and oxygen atoms in total. The number of hydrogen-bond donors (Lipinski definition) is 1. The van der Waals surface area contributed by atoms with Gasteiger partial charge in [0.15, 0.2) is 6.10 Å². The lowest BCUT2D eigenvalue weighted by Gasteiger charge is -2.25. The number of rotatable bonds is 77. The fourth-order valence-electron chi connectivity index (χ4n) is 11.7. The molecular weight excluding hydrogens is 1250 g/mol. The van der Waals surface area contributed by atoms with Gasteiger partial charge in [0.05, 0.1) is 34.4 Å². The second-order valence-electron chi connectivity index (χ2n) is 29.1. The Morgan fingerprint density at radius 1 is 0.307 bits per heavy atom. The van der Waals surface area contributed by atoms with Crippen molar-refractivity contribution in [1.82, 2.24) is 0 Å². The Labute approximate surface area is 623 Å². The van der Waals surface area contributed by atoms with Crippen LogP contribution in [0.1, 0.15) is 361 Å². The first-order valence-corrected chi connectivity index (χ1v) is 42.0. The topological polar surface area (TPSA) is 108 Å². The van der Waals surface area contributed by atoms with Crippen LogP contribution in [0.15, 0.2) is 146 Å². The number of carboxylic acid groups (broad SMARTS) is 1. The van der Waals surface area contributed by atoms with Crippen LogP contribution in [0.5, 0.6) is 0 Å². The quantitative estimate of drug-likeness (QED) is 0.0211. The minimum absolute atomic E-state index is 0.181. The van der Waals surface area contributed by atoms with Crippen LogP contribution in [0.4, 0.5) is 0 Å². The number of carbonyl (C=O) groups is 3. The van der Waals surface area contributed by atoms with Crippen LogP contribution in [0.2, 0.25) is 0 Å². The molecule has 0 rings (SSSR count). The molecule has 0 heterocycles.